The zero-order chi connectivity index (χ0) is 23.6. The molecule has 1 unspecified atom stereocenters. The second kappa shape index (κ2) is 9.49. The molecule has 6 heteroatoms. The van der Waals surface area contributed by atoms with Crippen LogP contribution in [0.2, 0.25) is 0 Å². The number of ether oxygens (including phenoxy) is 1. The Morgan fingerprint density at radius 2 is 1.65 bits per heavy atom. The van der Waals surface area contributed by atoms with Crippen molar-refractivity contribution in [3.05, 3.63) is 66.0 Å². The van der Waals surface area contributed by atoms with Gasteiger partial charge in [0, 0.05) is 25.0 Å². The van der Waals surface area contributed by atoms with Crippen molar-refractivity contribution in [3.8, 4) is 0 Å². The van der Waals surface area contributed by atoms with Crippen molar-refractivity contribution in [1.82, 2.24) is 4.98 Å². The molecule has 34 heavy (non-hydrogen) atoms. The molecule has 0 spiro atoms. The lowest BCUT2D eigenvalue weighted by Crippen LogP contribution is -2.67. The third kappa shape index (κ3) is 4.13. The number of piperidine rings is 3. The number of quaternary nitrogens is 1. The molecule has 6 rings (SSSR count). The molecule has 180 valence electrons. The standard InChI is InChI=1S/C28H35N3O3/c29-26(32)25(23-12-6-9-17-30-23)31-18-13-21(14-19-31)24(20-31)34-27(33)28(15-7-1-2-8-16-28)22-10-4-3-5-11-22/h3-6,9-12,17,21,24-25H,1-2,7-8,13-16,18-20H2,(H-,29,32)/p+1/t21?,24-,25?,31?/m0/s1. The van der Waals surface area contributed by atoms with E-state index < -0.39 is 11.5 Å². The quantitative estimate of drug-likeness (QED) is 0.399. The number of nitrogens with two attached hydrogens (primary N) is 1. The van der Waals surface area contributed by atoms with Crippen molar-refractivity contribution in [2.24, 2.45) is 11.7 Å². The lowest BCUT2D eigenvalue weighted by atomic mass is 9.74. The minimum absolute atomic E-state index is 0.0778. The van der Waals surface area contributed by atoms with Crippen molar-refractivity contribution in [1.29, 1.82) is 0 Å². The van der Waals surface area contributed by atoms with Crippen LogP contribution in [0.4, 0.5) is 0 Å². The molecular weight excluding hydrogens is 426 g/mol. The molecular formula is C28H36N3O3+. The van der Waals surface area contributed by atoms with Crippen molar-refractivity contribution < 1.29 is 18.8 Å². The minimum Gasteiger partial charge on any atom is -0.455 e. The predicted molar refractivity (Wildman–Crippen MR) is 129 cm³/mol. The molecule has 1 saturated carbocycles. The molecule has 1 aromatic heterocycles. The average Bonchev–Trinajstić information content (AvgIpc) is 3.13. The zero-order valence-electron chi connectivity index (χ0n) is 19.9. The van der Waals surface area contributed by atoms with Gasteiger partial charge in [0.1, 0.15) is 12.2 Å². The number of carbonyl (C=O) groups is 2. The molecule has 4 aliphatic rings. The SMILES string of the molecule is NC(=O)C(c1ccccn1)[N+]12CCC(CC1)[C@@H](OC(=O)C1(c3ccccc3)CCCCCC1)C2. The third-order valence-corrected chi connectivity index (χ3v) is 8.68. The molecule has 1 aliphatic carbocycles. The number of hydrogen-bond donors (Lipinski definition) is 1. The number of esters is 1. The summed E-state index contributed by atoms with van der Waals surface area (Å²) in [5.41, 5.74) is 7.17. The highest BCUT2D eigenvalue weighted by Gasteiger charge is 2.55. The molecule has 3 saturated heterocycles. The van der Waals surface area contributed by atoms with E-state index in [2.05, 4.69) is 17.1 Å². The highest BCUT2D eigenvalue weighted by Crippen LogP contribution is 2.44. The Bertz CT molecular complexity index is 994. The third-order valence-electron chi connectivity index (χ3n) is 8.68. The van der Waals surface area contributed by atoms with Crippen LogP contribution in [0.5, 0.6) is 0 Å². The lowest BCUT2D eigenvalue weighted by Gasteiger charge is -2.54. The largest absolute Gasteiger partial charge is 0.455 e. The summed E-state index contributed by atoms with van der Waals surface area (Å²) in [6.07, 6.45) is 9.49. The number of fused-ring (bicyclic) bond motifs is 3. The number of primary amides is 1. The summed E-state index contributed by atoms with van der Waals surface area (Å²) in [4.78, 5) is 31.1. The Hall–Kier alpha value is -2.73. The molecule has 1 aromatic carbocycles. The van der Waals surface area contributed by atoms with Crippen LogP contribution in [-0.2, 0) is 19.7 Å². The van der Waals surface area contributed by atoms with Gasteiger partial charge < -0.3 is 15.0 Å². The van der Waals surface area contributed by atoms with E-state index in [1.165, 1.54) is 0 Å². The maximum atomic E-state index is 14.0. The molecule has 4 heterocycles. The second-order valence-corrected chi connectivity index (χ2v) is 10.6. The van der Waals surface area contributed by atoms with Crippen LogP contribution in [0, 0.1) is 5.92 Å². The number of pyridine rings is 1. The van der Waals surface area contributed by atoms with Crippen molar-refractivity contribution in [2.45, 2.75) is 68.9 Å². The topological polar surface area (TPSA) is 82.3 Å². The number of carbonyl (C=O) groups excluding carboxylic acids is 2. The van der Waals surface area contributed by atoms with E-state index in [-0.39, 0.29) is 18.0 Å². The van der Waals surface area contributed by atoms with Gasteiger partial charge in [0.2, 0.25) is 6.04 Å². The Morgan fingerprint density at radius 1 is 0.971 bits per heavy atom. The highest BCUT2D eigenvalue weighted by atomic mass is 16.5. The number of hydrogen-bond acceptors (Lipinski definition) is 4. The Morgan fingerprint density at radius 3 is 2.26 bits per heavy atom. The normalized spacial score (nSPS) is 29.1. The van der Waals surface area contributed by atoms with Crippen molar-refractivity contribution in [3.63, 3.8) is 0 Å². The van der Waals surface area contributed by atoms with Gasteiger partial charge in [-0.15, -0.1) is 0 Å². The molecule has 2 aromatic rings. The summed E-state index contributed by atoms with van der Waals surface area (Å²) in [7, 11) is 0. The second-order valence-electron chi connectivity index (χ2n) is 10.6. The zero-order valence-corrected chi connectivity index (χ0v) is 19.9. The van der Waals surface area contributed by atoms with E-state index in [0.29, 0.717) is 22.6 Å². The summed E-state index contributed by atoms with van der Waals surface area (Å²) in [6, 6.07) is 15.3. The summed E-state index contributed by atoms with van der Waals surface area (Å²) < 4.78 is 6.98. The molecule has 6 nitrogen and oxygen atoms in total. The molecule has 1 amide bonds. The summed E-state index contributed by atoms with van der Waals surface area (Å²) in [6.45, 7) is 2.37. The van der Waals surface area contributed by atoms with Gasteiger partial charge in [0.05, 0.1) is 18.5 Å². The van der Waals surface area contributed by atoms with Gasteiger partial charge >= 0.3 is 5.97 Å². The monoisotopic (exact) mass is 462 g/mol. The van der Waals surface area contributed by atoms with Crippen molar-refractivity contribution in [2.75, 3.05) is 19.6 Å². The van der Waals surface area contributed by atoms with Gasteiger partial charge in [-0.05, 0) is 30.5 Å². The number of amides is 1. The van der Waals surface area contributed by atoms with E-state index in [1.807, 2.05) is 36.4 Å². The first-order chi connectivity index (χ1) is 16.5. The van der Waals surface area contributed by atoms with Crippen LogP contribution < -0.4 is 5.73 Å². The van der Waals surface area contributed by atoms with Gasteiger partial charge in [-0.25, -0.2) is 0 Å². The fourth-order valence-electron chi connectivity index (χ4n) is 6.85. The number of nitrogens with zero attached hydrogens (tertiary/aromatic N) is 2. The van der Waals surface area contributed by atoms with Gasteiger partial charge in [-0.1, -0.05) is 62.1 Å². The molecule has 3 aliphatic heterocycles. The van der Waals surface area contributed by atoms with Crippen LogP contribution in [-0.4, -0.2) is 47.1 Å². The van der Waals surface area contributed by atoms with Crippen LogP contribution in [0.3, 0.4) is 0 Å². The lowest BCUT2D eigenvalue weighted by molar-refractivity contribution is -0.965. The van der Waals surface area contributed by atoms with Crippen LogP contribution in [0.1, 0.15) is 68.7 Å². The Kier molecular flexibility index (Phi) is 6.43. The molecule has 0 radical (unpaired) electrons. The molecule has 2 bridgehead atoms. The minimum atomic E-state index is -0.571. The maximum Gasteiger partial charge on any atom is 0.317 e. The van der Waals surface area contributed by atoms with Gasteiger partial charge in [-0.3, -0.25) is 14.6 Å². The average molecular weight is 463 g/mol. The van der Waals surface area contributed by atoms with Crippen molar-refractivity contribution >= 4 is 11.9 Å². The van der Waals surface area contributed by atoms with Gasteiger partial charge in [0.25, 0.3) is 5.91 Å². The Balaban J connectivity index is 1.42. The van der Waals surface area contributed by atoms with E-state index in [0.717, 1.165) is 70.0 Å². The van der Waals surface area contributed by atoms with E-state index in [4.69, 9.17) is 10.5 Å². The summed E-state index contributed by atoms with van der Waals surface area (Å²) in [5, 5.41) is 0. The smallest absolute Gasteiger partial charge is 0.317 e. The van der Waals surface area contributed by atoms with E-state index in [9.17, 15) is 9.59 Å². The van der Waals surface area contributed by atoms with E-state index in [1.54, 1.807) is 6.20 Å². The summed E-state index contributed by atoms with van der Waals surface area (Å²) in [5.74, 6) is -0.0839. The number of aromatic nitrogens is 1. The molecule has 4 fully saturated rings. The number of rotatable bonds is 6. The molecule has 2 atom stereocenters. The summed E-state index contributed by atoms with van der Waals surface area (Å²) >= 11 is 0. The first-order valence-electron chi connectivity index (χ1n) is 12.9. The number of benzene rings is 1. The van der Waals surface area contributed by atoms with Crippen LogP contribution in [0.25, 0.3) is 0 Å². The van der Waals surface area contributed by atoms with Gasteiger partial charge in [-0.2, -0.15) is 0 Å². The first-order valence-corrected chi connectivity index (χ1v) is 12.9. The first kappa shape index (κ1) is 23.0. The van der Waals surface area contributed by atoms with E-state index >= 15 is 0 Å². The predicted octanol–water partition coefficient (Wildman–Crippen LogP) is 4.05. The van der Waals surface area contributed by atoms with Crippen LogP contribution in [0.15, 0.2) is 54.7 Å². The highest BCUT2D eigenvalue weighted by molar-refractivity contribution is 5.83. The maximum absolute atomic E-state index is 14.0. The fraction of sp³-hybridized carbons (Fsp3) is 0.536. The fourth-order valence-corrected chi connectivity index (χ4v) is 6.85. The van der Waals surface area contributed by atoms with Gasteiger partial charge in [0.15, 0.2) is 6.10 Å². The molecule has 2 N–H and O–H groups in total. The Labute approximate surface area is 202 Å². The van der Waals surface area contributed by atoms with Crippen LogP contribution >= 0.6 is 0 Å².